The number of carbonyl (C=O) groups excluding carboxylic acids is 2. The van der Waals surface area contributed by atoms with Gasteiger partial charge in [0.1, 0.15) is 0 Å². The molecule has 0 saturated heterocycles. The summed E-state index contributed by atoms with van der Waals surface area (Å²) in [6.45, 7) is 2.01. The van der Waals surface area contributed by atoms with Gasteiger partial charge in [0, 0.05) is 25.1 Å². The molecule has 0 unspecified atom stereocenters. The summed E-state index contributed by atoms with van der Waals surface area (Å²) < 4.78 is 37.9. The molecule has 138 valence electrons. The van der Waals surface area contributed by atoms with Gasteiger partial charge in [-0.1, -0.05) is 29.8 Å². The van der Waals surface area contributed by atoms with Crippen LogP contribution in [0.4, 0.5) is 13.2 Å². The van der Waals surface area contributed by atoms with Crippen molar-refractivity contribution in [2.24, 2.45) is 0 Å². The third kappa shape index (κ3) is 5.91. The molecular weight excluding hydrogens is 345 g/mol. The van der Waals surface area contributed by atoms with Crippen molar-refractivity contribution < 1.29 is 22.8 Å². The highest BCUT2D eigenvalue weighted by Crippen LogP contribution is 2.29. The number of aryl methyl sites for hydroxylation is 1. The zero-order chi connectivity index (χ0) is 19.2. The first kappa shape index (κ1) is 19.5. The first-order valence-corrected chi connectivity index (χ1v) is 8.03. The van der Waals surface area contributed by atoms with E-state index in [9.17, 15) is 22.8 Å². The van der Waals surface area contributed by atoms with Crippen LogP contribution in [0.25, 0.3) is 0 Å². The fourth-order valence-electron chi connectivity index (χ4n) is 2.32. The zero-order valence-corrected chi connectivity index (χ0v) is 14.2. The molecule has 2 aromatic rings. The summed E-state index contributed by atoms with van der Waals surface area (Å²) in [5.74, 6) is -0.633. The van der Waals surface area contributed by atoms with Gasteiger partial charge in [0.05, 0.1) is 5.56 Å². The molecule has 2 rings (SSSR count). The predicted octanol–water partition coefficient (Wildman–Crippen LogP) is 3.45. The Balaban J connectivity index is 1.76. The Hall–Kier alpha value is -2.83. The van der Waals surface area contributed by atoms with Crippen molar-refractivity contribution >= 4 is 11.8 Å². The second-order valence-corrected chi connectivity index (χ2v) is 5.85. The number of hydrogen-bond donors (Lipinski definition) is 2. The van der Waals surface area contributed by atoms with Crippen LogP contribution in [0.5, 0.6) is 0 Å². The van der Waals surface area contributed by atoms with E-state index < -0.39 is 11.7 Å². The van der Waals surface area contributed by atoms with Gasteiger partial charge in [-0.15, -0.1) is 0 Å². The Morgan fingerprint density at radius 2 is 1.73 bits per heavy atom. The fourth-order valence-corrected chi connectivity index (χ4v) is 2.32. The van der Waals surface area contributed by atoms with Crippen molar-refractivity contribution in [2.75, 3.05) is 6.54 Å². The molecule has 0 aliphatic carbocycles. The van der Waals surface area contributed by atoms with E-state index in [1.165, 1.54) is 12.1 Å². The van der Waals surface area contributed by atoms with Gasteiger partial charge in [-0.25, -0.2) is 0 Å². The molecule has 2 aromatic carbocycles. The number of halogens is 3. The average molecular weight is 364 g/mol. The maximum Gasteiger partial charge on any atom is 0.416 e. The molecule has 0 spiro atoms. The molecular formula is C19H19F3N2O2. The molecule has 26 heavy (non-hydrogen) atoms. The van der Waals surface area contributed by atoms with Crippen molar-refractivity contribution in [3.8, 4) is 0 Å². The van der Waals surface area contributed by atoms with Crippen LogP contribution in [-0.4, -0.2) is 18.4 Å². The van der Waals surface area contributed by atoms with Crippen molar-refractivity contribution in [3.05, 3.63) is 70.8 Å². The lowest BCUT2D eigenvalue weighted by atomic mass is 10.1. The Morgan fingerprint density at radius 1 is 1.00 bits per heavy atom. The van der Waals surface area contributed by atoms with Crippen molar-refractivity contribution in [3.63, 3.8) is 0 Å². The van der Waals surface area contributed by atoms with Gasteiger partial charge in [-0.3, -0.25) is 9.59 Å². The normalized spacial score (nSPS) is 11.1. The number of hydrogen-bond acceptors (Lipinski definition) is 2. The monoisotopic (exact) mass is 364 g/mol. The van der Waals surface area contributed by atoms with Gasteiger partial charge in [-0.05, 0) is 36.8 Å². The van der Waals surface area contributed by atoms with Gasteiger partial charge >= 0.3 is 6.18 Å². The third-order valence-corrected chi connectivity index (χ3v) is 3.66. The van der Waals surface area contributed by atoms with Crippen LogP contribution in [0.2, 0.25) is 0 Å². The van der Waals surface area contributed by atoms with E-state index >= 15 is 0 Å². The highest BCUT2D eigenvalue weighted by atomic mass is 19.4. The van der Waals surface area contributed by atoms with Gasteiger partial charge < -0.3 is 10.6 Å². The van der Waals surface area contributed by atoms with Crippen LogP contribution in [0.3, 0.4) is 0 Å². The zero-order valence-electron chi connectivity index (χ0n) is 14.2. The molecule has 0 radical (unpaired) electrons. The quantitative estimate of drug-likeness (QED) is 0.825. The van der Waals surface area contributed by atoms with E-state index in [2.05, 4.69) is 10.6 Å². The fraction of sp³-hybridized carbons (Fsp3) is 0.263. The highest BCUT2D eigenvalue weighted by Gasteiger charge is 2.30. The largest absolute Gasteiger partial charge is 0.416 e. The summed E-state index contributed by atoms with van der Waals surface area (Å²) in [6, 6.07) is 11.8. The topological polar surface area (TPSA) is 58.2 Å². The Bertz CT molecular complexity index is 788. The molecule has 4 nitrogen and oxygen atoms in total. The number of amides is 2. The summed E-state index contributed by atoms with van der Waals surface area (Å²) in [4.78, 5) is 23.7. The van der Waals surface area contributed by atoms with Crippen molar-refractivity contribution in [1.82, 2.24) is 10.6 Å². The molecule has 0 heterocycles. The van der Waals surface area contributed by atoms with E-state index in [0.717, 1.165) is 17.7 Å². The SMILES string of the molecule is Cc1cccc(C(=O)NCCC(=O)NCc2cccc(C(F)(F)F)c2)c1. The van der Waals surface area contributed by atoms with Gasteiger partial charge in [-0.2, -0.15) is 13.2 Å². The molecule has 0 aliphatic heterocycles. The van der Waals surface area contributed by atoms with E-state index in [1.807, 2.05) is 13.0 Å². The lowest BCUT2D eigenvalue weighted by Gasteiger charge is -2.10. The van der Waals surface area contributed by atoms with Crippen LogP contribution in [0.15, 0.2) is 48.5 Å². The van der Waals surface area contributed by atoms with Crippen LogP contribution >= 0.6 is 0 Å². The number of nitrogens with one attached hydrogen (secondary N) is 2. The maximum atomic E-state index is 12.6. The standard InChI is InChI=1S/C19H19F3N2O2/c1-13-4-2-6-15(10-13)18(26)23-9-8-17(25)24-12-14-5-3-7-16(11-14)19(20,21)22/h2-7,10-11H,8-9,12H2,1H3,(H,23,26)(H,24,25). The predicted molar refractivity (Wildman–Crippen MR) is 91.4 cm³/mol. The summed E-state index contributed by atoms with van der Waals surface area (Å²) in [5.41, 5.74) is 1.07. The summed E-state index contributed by atoms with van der Waals surface area (Å²) in [5, 5.41) is 5.18. The molecule has 2 amide bonds. The number of alkyl halides is 3. The first-order chi connectivity index (χ1) is 12.3. The Kier molecular flexibility index (Phi) is 6.38. The van der Waals surface area contributed by atoms with Gasteiger partial charge in [0.2, 0.25) is 5.91 Å². The van der Waals surface area contributed by atoms with Gasteiger partial charge in [0.25, 0.3) is 5.91 Å². The van der Waals surface area contributed by atoms with Crippen LogP contribution in [0, 0.1) is 6.92 Å². The molecule has 7 heteroatoms. The van der Waals surface area contributed by atoms with Crippen molar-refractivity contribution in [1.29, 1.82) is 0 Å². The van der Waals surface area contributed by atoms with Crippen molar-refractivity contribution in [2.45, 2.75) is 26.1 Å². The summed E-state index contributed by atoms with van der Waals surface area (Å²) >= 11 is 0. The minimum atomic E-state index is -4.42. The summed E-state index contributed by atoms with van der Waals surface area (Å²) in [7, 11) is 0. The highest BCUT2D eigenvalue weighted by molar-refractivity contribution is 5.94. The van der Waals surface area contributed by atoms with E-state index in [0.29, 0.717) is 11.1 Å². The molecule has 0 atom stereocenters. The van der Waals surface area contributed by atoms with Gasteiger partial charge in [0.15, 0.2) is 0 Å². The number of benzene rings is 2. The summed E-state index contributed by atoms with van der Waals surface area (Å²) in [6.07, 6.45) is -4.38. The minimum absolute atomic E-state index is 0.00538. The molecule has 0 aliphatic rings. The molecule has 0 fully saturated rings. The van der Waals surface area contributed by atoms with Crippen LogP contribution in [0.1, 0.15) is 33.5 Å². The van der Waals surface area contributed by atoms with E-state index in [1.54, 1.807) is 18.2 Å². The first-order valence-electron chi connectivity index (χ1n) is 8.03. The lowest BCUT2D eigenvalue weighted by molar-refractivity contribution is -0.137. The molecule has 2 N–H and O–H groups in total. The van der Waals surface area contributed by atoms with E-state index in [4.69, 9.17) is 0 Å². The van der Waals surface area contributed by atoms with E-state index in [-0.39, 0.29) is 31.3 Å². The molecule has 0 saturated carbocycles. The third-order valence-electron chi connectivity index (χ3n) is 3.66. The Labute approximate surface area is 149 Å². The number of rotatable bonds is 6. The Morgan fingerprint density at radius 3 is 2.42 bits per heavy atom. The number of carbonyl (C=O) groups is 2. The second kappa shape index (κ2) is 8.51. The van der Waals surface area contributed by atoms with Crippen LogP contribution < -0.4 is 10.6 Å². The minimum Gasteiger partial charge on any atom is -0.352 e. The average Bonchev–Trinajstić information content (AvgIpc) is 2.59. The second-order valence-electron chi connectivity index (χ2n) is 5.85. The smallest absolute Gasteiger partial charge is 0.352 e. The van der Waals surface area contributed by atoms with Crippen LogP contribution in [-0.2, 0) is 17.5 Å². The lowest BCUT2D eigenvalue weighted by Crippen LogP contribution is -2.30. The molecule has 0 aromatic heterocycles. The molecule has 0 bridgehead atoms. The maximum absolute atomic E-state index is 12.6.